The average molecular weight is 334 g/mol. The van der Waals surface area contributed by atoms with Gasteiger partial charge >= 0.3 is 5.97 Å². The second-order valence-electron chi connectivity index (χ2n) is 4.88. The summed E-state index contributed by atoms with van der Waals surface area (Å²) < 4.78 is 10.4. The number of benzene rings is 2. The van der Waals surface area contributed by atoms with E-state index in [0.29, 0.717) is 16.3 Å². The van der Waals surface area contributed by atoms with Crippen LogP contribution in [0, 0.1) is 6.92 Å². The van der Waals surface area contributed by atoms with Crippen LogP contribution in [-0.2, 0) is 14.3 Å². The summed E-state index contributed by atoms with van der Waals surface area (Å²) in [7, 11) is 0. The molecule has 0 saturated carbocycles. The molecule has 120 valence electrons. The van der Waals surface area contributed by atoms with Crippen LogP contribution in [0.2, 0.25) is 5.02 Å². The van der Waals surface area contributed by atoms with Crippen molar-refractivity contribution < 1.29 is 19.1 Å². The molecule has 0 heterocycles. The van der Waals surface area contributed by atoms with Crippen LogP contribution < -0.4 is 10.5 Å². The van der Waals surface area contributed by atoms with Gasteiger partial charge in [-0.25, -0.2) is 4.79 Å². The summed E-state index contributed by atoms with van der Waals surface area (Å²) in [4.78, 5) is 23.4. The van der Waals surface area contributed by atoms with Crippen LogP contribution in [0.3, 0.4) is 0 Å². The second-order valence-corrected chi connectivity index (χ2v) is 5.29. The second kappa shape index (κ2) is 7.65. The molecule has 0 aliphatic heterocycles. The Morgan fingerprint density at radius 1 is 1.17 bits per heavy atom. The first kappa shape index (κ1) is 16.8. The molecular formula is C17H16ClNO4. The fourth-order valence-electron chi connectivity index (χ4n) is 1.93. The molecular weight excluding hydrogens is 318 g/mol. The molecule has 5 nitrogen and oxygen atoms in total. The van der Waals surface area contributed by atoms with E-state index in [4.69, 9.17) is 26.8 Å². The van der Waals surface area contributed by atoms with Gasteiger partial charge in [0.2, 0.25) is 6.10 Å². The predicted molar refractivity (Wildman–Crippen MR) is 86.2 cm³/mol. The summed E-state index contributed by atoms with van der Waals surface area (Å²) in [5.41, 5.74) is 6.63. The average Bonchev–Trinajstić information content (AvgIpc) is 2.54. The molecule has 1 amide bonds. The molecule has 1 atom stereocenters. The smallest absolute Gasteiger partial charge is 0.345 e. The number of hydrogen-bond donors (Lipinski definition) is 1. The van der Waals surface area contributed by atoms with Crippen molar-refractivity contribution in [2.75, 3.05) is 6.61 Å². The van der Waals surface area contributed by atoms with Crippen LogP contribution in [0.15, 0.2) is 48.5 Å². The number of esters is 1. The van der Waals surface area contributed by atoms with Gasteiger partial charge in [0.15, 0.2) is 6.61 Å². The number of aryl methyl sites for hydroxylation is 1. The lowest BCUT2D eigenvalue weighted by Gasteiger charge is -2.15. The van der Waals surface area contributed by atoms with Crippen molar-refractivity contribution in [3.05, 3.63) is 64.7 Å². The standard InChI is InChI=1S/C17H16ClNO4/c1-11-9-13(7-8-14(11)18)22-10-15(20)23-16(17(19)21)12-5-3-2-4-6-12/h2-9,16H,10H2,1H3,(H2,19,21)/t16-/m1/s1. The maximum Gasteiger partial charge on any atom is 0.345 e. The highest BCUT2D eigenvalue weighted by atomic mass is 35.5. The Bertz CT molecular complexity index is 703. The van der Waals surface area contributed by atoms with Gasteiger partial charge in [0.25, 0.3) is 5.91 Å². The Balaban J connectivity index is 1.97. The Morgan fingerprint density at radius 3 is 2.48 bits per heavy atom. The Hall–Kier alpha value is -2.53. The monoisotopic (exact) mass is 333 g/mol. The quantitative estimate of drug-likeness (QED) is 0.824. The van der Waals surface area contributed by atoms with Gasteiger partial charge in [-0.3, -0.25) is 4.79 Å². The first-order chi connectivity index (χ1) is 11.0. The van der Waals surface area contributed by atoms with Gasteiger partial charge in [-0.1, -0.05) is 41.9 Å². The summed E-state index contributed by atoms with van der Waals surface area (Å²) in [5.74, 6) is -0.948. The molecule has 2 aromatic rings. The number of halogens is 1. The molecule has 23 heavy (non-hydrogen) atoms. The lowest BCUT2D eigenvalue weighted by atomic mass is 10.1. The lowest BCUT2D eigenvalue weighted by Crippen LogP contribution is -2.28. The van der Waals surface area contributed by atoms with Crippen LogP contribution >= 0.6 is 11.6 Å². The van der Waals surface area contributed by atoms with Gasteiger partial charge in [0.1, 0.15) is 5.75 Å². The summed E-state index contributed by atoms with van der Waals surface area (Å²) in [5, 5.41) is 0.609. The van der Waals surface area contributed by atoms with E-state index < -0.39 is 18.0 Å². The molecule has 2 rings (SSSR count). The SMILES string of the molecule is Cc1cc(OCC(=O)O[C@@H](C(N)=O)c2ccccc2)ccc1Cl. The first-order valence-corrected chi connectivity index (χ1v) is 7.28. The van der Waals surface area contributed by atoms with Gasteiger partial charge in [-0.15, -0.1) is 0 Å². The summed E-state index contributed by atoms with van der Waals surface area (Å²) >= 11 is 5.92. The molecule has 6 heteroatoms. The van der Waals surface area contributed by atoms with Crippen molar-refractivity contribution >= 4 is 23.5 Å². The van der Waals surface area contributed by atoms with Gasteiger partial charge < -0.3 is 15.2 Å². The molecule has 0 spiro atoms. The molecule has 0 aliphatic rings. The number of hydrogen-bond acceptors (Lipinski definition) is 4. The van der Waals surface area contributed by atoms with E-state index in [1.165, 1.54) is 0 Å². The number of ether oxygens (including phenoxy) is 2. The normalized spacial score (nSPS) is 11.6. The van der Waals surface area contributed by atoms with Crippen molar-refractivity contribution in [1.82, 2.24) is 0 Å². The van der Waals surface area contributed by atoms with E-state index >= 15 is 0 Å². The highest BCUT2D eigenvalue weighted by molar-refractivity contribution is 6.31. The Kier molecular flexibility index (Phi) is 5.60. The largest absolute Gasteiger partial charge is 0.482 e. The molecule has 0 aliphatic carbocycles. The van der Waals surface area contributed by atoms with Crippen molar-refractivity contribution in [2.24, 2.45) is 5.73 Å². The molecule has 0 aromatic heterocycles. The maximum atomic E-state index is 11.9. The van der Waals surface area contributed by atoms with Crippen LogP contribution in [0.1, 0.15) is 17.2 Å². The topological polar surface area (TPSA) is 78.6 Å². The predicted octanol–water partition coefficient (Wildman–Crippen LogP) is 2.80. The third kappa shape index (κ3) is 4.72. The van der Waals surface area contributed by atoms with Crippen molar-refractivity contribution in [1.29, 1.82) is 0 Å². The fraction of sp³-hybridized carbons (Fsp3) is 0.176. The lowest BCUT2D eigenvalue weighted by molar-refractivity contribution is -0.157. The van der Waals surface area contributed by atoms with Crippen LogP contribution in [-0.4, -0.2) is 18.5 Å². The molecule has 0 radical (unpaired) electrons. The van der Waals surface area contributed by atoms with E-state index in [0.717, 1.165) is 5.56 Å². The number of amides is 1. The van der Waals surface area contributed by atoms with Crippen molar-refractivity contribution in [3.63, 3.8) is 0 Å². The van der Waals surface area contributed by atoms with E-state index in [1.54, 1.807) is 48.5 Å². The number of carbonyl (C=O) groups is 2. The Labute approximate surface area is 139 Å². The van der Waals surface area contributed by atoms with Crippen LogP contribution in [0.25, 0.3) is 0 Å². The van der Waals surface area contributed by atoms with E-state index in [-0.39, 0.29) is 6.61 Å². The van der Waals surface area contributed by atoms with E-state index in [9.17, 15) is 9.59 Å². The number of primary amides is 1. The minimum atomic E-state index is -1.14. The zero-order chi connectivity index (χ0) is 16.8. The zero-order valence-corrected chi connectivity index (χ0v) is 13.2. The summed E-state index contributed by atoms with van der Waals surface area (Å²) in [6.45, 7) is 1.49. The molecule has 0 unspecified atom stereocenters. The fourth-order valence-corrected chi connectivity index (χ4v) is 2.05. The molecule has 0 bridgehead atoms. The third-order valence-electron chi connectivity index (χ3n) is 3.10. The van der Waals surface area contributed by atoms with Crippen LogP contribution in [0.5, 0.6) is 5.75 Å². The first-order valence-electron chi connectivity index (χ1n) is 6.90. The number of nitrogens with two attached hydrogens (primary N) is 1. The van der Waals surface area contributed by atoms with Gasteiger partial charge in [-0.2, -0.15) is 0 Å². The Morgan fingerprint density at radius 2 is 1.87 bits per heavy atom. The number of carbonyl (C=O) groups excluding carboxylic acids is 2. The summed E-state index contributed by atoms with van der Waals surface area (Å²) in [6.07, 6.45) is -1.14. The number of rotatable bonds is 6. The maximum absolute atomic E-state index is 11.9. The molecule has 2 N–H and O–H groups in total. The van der Waals surface area contributed by atoms with Gasteiger partial charge in [0.05, 0.1) is 0 Å². The minimum absolute atomic E-state index is 0.336. The van der Waals surface area contributed by atoms with Crippen molar-refractivity contribution in [2.45, 2.75) is 13.0 Å². The molecule has 2 aromatic carbocycles. The molecule has 0 fully saturated rings. The summed E-state index contributed by atoms with van der Waals surface area (Å²) in [6, 6.07) is 13.6. The highest BCUT2D eigenvalue weighted by Gasteiger charge is 2.22. The van der Waals surface area contributed by atoms with Crippen LogP contribution in [0.4, 0.5) is 0 Å². The van der Waals surface area contributed by atoms with Crippen molar-refractivity contribution in [3.8, 4) is 5.75 Å². The van der Waals surface area contributed by atoms with Gasteiger partial charge in [-0.05, 0) is 30.7 Å². The molecule has 0 saturated heterocycles. The van der Waals surface area contributed by atoms with Gasteiger partial charge in [0, 0.05) is 10.6 Å². The van der Waals surface area contributed by atoms with E-state index in [2.05, 4.69) is 0 Å². The highest BCUT2D eigenvalue weighted by Crippen LogP contribution is 2.21. The van der Waals surface area contributed by atoms with E-state index in [1.807, 2.05) is 6.92 Å². The zero-order valence-electron chi connectivity index (χ0n) is 12.5. The minimum Gasteiger partial charge on any atom is -0.482 e. The third-order valence-corrected chi connectivity index (χ3v) is 3.52.